The summed E-state index contributed by atoms with van der Waals surface area (Å²) < 4.78 is 16.2. The predicted molar refractivity (Wildman–Crippen MR) is 116 cm³/mol. The van der Waals surface area contributed by atoms with E-state index >= 15 is 0 Å². The first-order chi connectivity index (χ1) is 14.6. The maximum absolute atomic E-state index is 12.9. The van der Waals surface area contributed by atoms with Gasteiger partial charge in [-0.2, -0.15) is 0 Å². The van der Waals surface area contributed by atoms with E-state index in [9.17, 15) is 4.79 Å². The van der Waals surface area contributed by atoms with Crippen molar-refractivity contribution >= 4 is 5.91 Å². The first kappa shape index (κ1) is 20.3. The SMILES string of the molecule is COCC(=O)N1CCc2cc(OC)c(OC)cc2C1CC1=CNC2C=CC=CC1=C2. The van der Waals surface area contributed by atoms with Gasteiger partial charge >= 0.3 is 0 Å². The highest BCUT2D eigenvalue weighted by molar-refractivity contribution is 5.78. The molecule has 1 aromatic carbocycles. The van der Waals surface area contributed by atoms with Gasteiger partial charge in [0.1, 0.15) is 6.61 Å². The van der Waals surface area contributed by atoms with Crippen LogP contribution in [-0.2, 0) is 16.0 Å². The van der Waals surface area contributed by atoms with E-state index in [2.05, 4.69) is 41.9 Å². The number of dihydropyridines is 1. The van der Waals surface area contributed by atoms with Crippen molar-refractivity contribution in [2.75, 3.05) is 34.5 Å². The minimum Gasteiger partial charge on any atom is -0.493 e. The highest BCUT2D eigenvalue weighted by Crippen LogP contribution is 2.41. The van der Waals surface area contributed by atoms with E-state index in [4.69, 9.17) is 14.2 Å². The van der Waals surface area contributed by atoms with Crippen molar-refractivity contribution in [2.45, 2.75) is 24.9 Å². The van der Waals surface area contributed by atoms with Gasteiger partial charge in [0.25, 0.3) is 0 Å². The van der Waals surface area contributed by atoms with Crippen LogP contribution in [0.4, 0.5) is 0 Å². The van der Waals surface area contributed by atoms with Crippen LogP contribution >= 0.6 is 0 Å². The van der Waals surface area contributed by atoms with E-state index < -0.39 is 0 Å². The number of benzene rings is 1. The Labute approximate surface area is 177 Å². The van der Waals surface area contributed by atoms with Crippen LogP contribution in [0.5, 0.6) is 11.5 Å². The lowest BCUT2D eigenvalue weighted by Crippen LogP contribution is -2.42. The molecule has 0 aromatic heterocycles. The Hall–Kier alpha value is -2.99. The van der Waals surface area contributed by atoms with E-state index in [1.807, 2.05) is 17.0 Å². The summed E-state index contributed by atoms with van der Waals surface area (Å²) in [7, 11) is 4.84. The monoisotopic (exact) mass is 408 g/mol. The molecule has 1 aromatic rings. The van der Waals surface area contributed by atoms with E-state index in [1.165, 1.54) is 16.7 Å². The Morgan fingerprint density at radius 1 is 1.17 bits per heavy atom. The highest BCUT2D eigenvalue weighted by Gasteiger charge is 2.33. The average Bonchev–Trinajstić information content (AvgIpc) is 2.96. The summed E-state index contributed by atoms with van der Waals surface area (Å²) >= 11 is 0. The van der Waals surface area contributed by atoms with Gasteiger partial charge in [-0.3, -0.25) is 4.79 Å². The third kappa shape index (κ3) is 3.87. The smallest absolute Gasteiger partial charge is 0.249 e. The maximum atomic E-state index is 12.9. The van der Waals surface area contributed by atoms with Crippen LogP contribution in [0.25, 0.3) is 0 Å². The number of fused-ring (bicyclic) bond motifs is 2. The van der Waals surface area contributed by atoms with Gasteiger partial charge in [0.05, 0.1) is 26.3 Å². The lowest BCUT2D eigenvalue weighted by Gasteiger charge is -2.39. The third-order valence-electron chi connectivity index (χ3n) is 5.89. The molecule has 0 fully saturated rings. The van der Waals surface area contributed by atoms with Crippen molar-refractivity contribution in [3.8, 4) is 11.5 Å². The number of hydrogen-bond acceptors (Lipinski definition) is 5. The normalized spacial score (nSPS) is 21.8. The molecule has 0 saturated carbocycles. The van der Waals surface area contributed by atoms with Crippen LogP contribution < -0.4 is 14.8 Å². The zero-order valence-corrected chi connectivity index (χ0v) is 17.7. The summed E-state index contributed by atoms with van der Waals surface area (Å²) in [6, 6.07) is 4.15. The van der Waals surface area contributed by atoms with E-state index in [0.717, 1.165) is 12.0 Å². The highest BCUT2D eigenvalue weighted by atomic mass is 16.5. The lowest BCUT2D eigenvalue weighted by atomic mass is 9.85. The number of nitrogens with one attached hydrogen (secondary N) is 1. The average molecular weight is 408 g/mol. The Morgan fingerprint density at radius 2 is 1.97 bits per heavy atom. The molecule has 6 heteroatoms. The van der Waals surface area contributed by atoms with Crippen LogP contribution in [-0.4, -0.2) is 51.3 Å². The molecular weight excluding hydrogens is 380 g/mol. The maximum Gasteiger partial charge on any atom is 0.249 e. The largest absolute Gasteiger partial charge is 0.493 e. The number of rotatable bonds is 6. The second-order valence-electron chi connectivity index (χ2n) is 7.62. The molecule has 3 aliphatic rings. The number of nitrogens with zero attached hydrogens (tertiary/aromatic N) is 1. The van der Waals surface area contributed by atoms with Crippen molar-refractivity contribution in [1.82, 2.24) is 10.2 Å². The molecule has 158 valence electrons. The van der Waals surface area contributed by atoms with Gasteiger partial charge in [-0.15, -0.1) is 0 Å². The molecule has 2 heterocycles. The third-order valence-corrected chi connectivity index (χ3v) is 5.89. The summed E-state index contributed by atoms with van der Waals surface area (Å²) in [5.74, 6) is 1.39. The molecule has 1 aliphatic carbocycles. The minimum atomic E-state index is -0.105. The van der Waals surface area contributed by atoms with Crippen molar-refractivity contribution < 1.29 is 19.0 Å². The summed E-state index contributed by atoms with van der Waals surface area (Å²) in [6.45, 7) is 0.722. The Morgan fingerprint density at radius 3 is 2.73 bits per heavy atom. The lowest BCUT2D eigenvalue weighted by molar-refractivity contribution is -0.138. The zero-order valence-electron chi connectivity index (χ0n) is 17.7. The first-order valence-electron chi connectivity index (χ1n) is 10.2. The number of methoxy groups -OCH3 is 3. The number of hydrogen-bond donors (Lipinski definition) is 1. The molecule has 0 radical (unpaired) electrons. The molecule has 0 saturated heterocycles. The molecule has 2 aliphatic heterocycles. The quantitative estimate of drug-likeness (QED) is 0.784. The van der Waals surface area contributed by atoms with Gasteiger partial charge in [-0.05, 0) is 47.2 Å². The van der Waals surface area contributed by atoms with Crippen LogP contribution in [0.2, 0.25) is 0 Å². The number of ether oxygens (including phenoxy) is 3. The molecule has 6 nitrogen and oxygen atoms in total. The molecule has 4 rings (SSSR count). The first-order valence-corrected chi connectivity index (χ1v) is 10.2. The van der Waals surface area contributed by atoms with Crippen molar-refractivity contribution in [1.29, 1.82) is 0 Å². The number of carbonyl (C=O) groups excluding carboxylic acids is 1. The van der Waals surface area contributed by atoms with E-state index in [-0.39, 0.29) is 24.6 Å². The fraction of sp³-hybridized carbons (Fsp3) is 0.375. The Kier molecular flexibility index (Phi) is 5.95. The van der Waals surface area contributed by atoms with Gasteiger partial charge in [0.2, 0.25) is 5.91 Å². The molecule has 2 bridgehead atoms. The molecule has 2 unspecified atom stereocenters. The van der Waals surface area contributed by atoms with E-state index in [0.29, 0.717) is 24.5 Å². The molecule has 1 N–H and O–H groups in total. The zero-order chi connectivity index (χ0) is 21.1. The van der Waals surface area contributed by atoms with E-state index in [1.54, 1.807) is 21.3 Å². The van der Waals surface area contributed by atoms with Crippen LogP contribution in [0.1, 0.15) is 23.6 Å². The number of allylic oxidation sites excluding steroid dienone is 4. The number of amides is 1. The van der Waals surface area contributed by atoms with Crippen LogP contribution in [0.3, 0.4) is 0 Å². The molecule has 0 spiro atoms. The van der Waals surface area contributed by atoms with Gasteiger partial charge < -0.3 is 24.4 Å². The van der Waals surface area contributed by atoms with Gasteiger partial charge in [-0.25, -0.2) is 0 Å². The molecular formula is C24H28N2O4. The van der Waals surface area contributed by atoms with Gasteiger partial charge in [0, 0.05) is 19.9 Å². The predicted octanol–water partition coefficient (Wildman–Crippen LogP) is 3.07. The number of carbonyl (C=O) groups is 1. The fourth-order valence-electron chi connectivity index (χ4n) is 4.38. The standard InChI is InChI=1S/C24H28N2O4/c1-28-15-24(27)26-9-8-17-12-22(29-2)23(30-3)13-20(17)21(26)11-18-14-25-19-7-5-4-6-16(18)10-19/h4-7,10,12-14,19,21,25H,8-9,11,15H2,1-3H3. The van der Waals surface area contributed by atoms with Crippen molar-refractivity contribution in [2.24, 2.45) is 0 Å². The minimum absolute atomic E-state index is 0.00256. The molecule has 2 atom stereocenters. The molecule has 30 heavy (non-hydrogen) atoms. The summed E-state index contributed by atoms with van der Waals surface area (Å²) in [5.41, 5.74) is 4.65. The summed E-state index contributed by atoms with van der Waals surface area (Å²) in [5, 5.41) is 3.43. The van der Waals surface area contributed by atoms with Gasteiger partial charge in [0.15, 0.2) is 11.5 Å². The van der Waals surface area contributed by atoms with Crippen molar-refractivity contribution in [3.63, 3.8) is 0 Å². The van der Waals surface area contributed by atoms with Gasteiger partial charge in [-0.1, -0.05) is 30.4 Å². The van der Waals surface area contributed by atoms with Crippen molar-refractivity contribution in [3.05, 3.63) is 71.0 Å². The van der Waals surface area contributed by atoms with Crippen LogP contribution in [0.15, 0.2) is 59.9 Å². The summed E-state index contributed by atoms with van der Waals surface area (Å²) in [6.07, 6.45) is 14.1. The second-order valence-corrected chi connectivity index (χ2v) is 7.62. The molecule has 1 amide bonds. The topological polar surface area (TPSA) is 60.0 Å². The Bertz CT molecular complexity index is 945. The summed E-state index contributed by atoms with van der Waals surface area (Å²) in [4.78, 5) is 14.8. The second kappa shape index (κ2) is 8.79. The fourth-order valence-corrected chi connectivity index (χ4v) is 4.38. The Balaban J connectivity index is 1.72. The van der Waals surface area contributed by atoms with Crippen LogP contribution in [0, 0.1) is 0 Å².